The Labute approximate surface area is 163 Å². The van der Waals surface area contributed by atoms with Crippen LogP contribution in [0.15, 0.2) is 66.9 Å². The van der Waals surface area contributed by atoms with Crippen LogP contribution < -0.4 is 10.6 Å². The second-order valence-electron chi connectivity index (χ2n) is 6.14. The number of pyridine rings is 1. The number of para-hydroxylation sites is 1. The summed E-state index contributed by atoms with van der Waals surface area (Å²) in [6.07, 6.45) is 1.54. The molecule has 1 heterocycles. The number of hydrogen-bond acceptors (Lipinski definition) is 5. The van der Waals surface area contributed by atoms with Crippen molar-refractivity contribution in [2.24, 2.45) is 0 Å². The summed E-state index contributed by atoms with van der Waals surface area (Å²) >= 11 is 0. The molecular formula is C22H21N3O3. The minimum atomic E-state index is -0.418. The maximum Gasteiger partial charge on any atom is 0.340 e. The minimum absolute atomic E-state index is 0.243. The van der Waals surface area contributed by atoms with Crippen LogP contribution in [0, 0.1) is 6.92 Å². The van der Waals surface area contributed by atoms with Gasteiger partial charge in [-0.25, -0.2) is 9.78 Å². The van der Waals surface area contributed by atoms with Gasteiger partial charge >= 0.3 is 5.97 Å². The fourth-order valence-corrected chi connectivity index (χ4v) is 2.60. The number of carbonyl (C=O) groups is 2. The standard InChI is InChI=1S/C22H21N3O3/c1-3-28-22(27)18-6-4-5-7-19(18)25-20-14-16(12-13-23-20)21(26)24-17-10-8-15(2)9-11-17/h4-14H,3H2,1-2H3,(H,23,25)(H,24,26). The Bertz CT molecular complexity index is 984. The van der Waals surface area contributed by atoms with E-state index in [2.05, 4.69) is 15.6 Å². The van der Waals surface area contributed by atoms with Gasteiger partial charge in [-0.1, -0.05) is 29.8 Å². The number of hydrogen-bond donors (Lipinski definition) is 2. The van der Waals surface area contributed by atoms with Gasteiger partial charge < -0.3 is 15.4 Å². The largest absolute Gasteiger partial charge is 0.462 e. The van der Waals surface area contributed by atoms with Crippen molar-refractivity contribution < 1.29 is 14.3 Å². The van der Waals surface area contributed by atoms with E-state index in [1.807, 2.05) is 31.2 Å². The van der Waals surface area contributed by atoms with Crippen LogP contribution >= 0.6 is 0 Å². The molecule has 142 valence electrons. The Balaban J connectivity index is 1.78. The molecule has 2 aromatic carbocycles. The van der Waals surface area contributed by atoms with Gasteiger partial charge in [0, 0.05) is 17.4 Å². The number of benzene rings is 2. The third-order valence-corrected chi connectivity index (χ3v) is 4.02. The summed E-state index contributed by atoms with van der Waals surface area (Å²) in [6, 6.07) is 17.8. The summed E-state index contributed by atoms with van der Waals surface area (Å²) in [5.74, 6) is -0.208. The molecule has 6 heteroatoms. The zero-order chi connectivity index (χ0) is 19.9. The van der Waals surface area contributed by atoms with E-state index in [4.69, 9.17) is 4.74 Å². The number of nitrogens with one attached hydrogen (secondary N) is 2. The van der Waals surface area contributed by atoms with E-state index in [0.717, 1.165) is 11.3 Å². The highest BCUT2D eigenvalue weighted by Gasteiger charge is 2.13. The molecule has 0 aliphatic carbocycles. The maximum atomic E-state index is 12.5. The van der Waals surface area contributed by atoms with Crippen LogP contribution in [-0.4, -0.2) is 23.5 Å². The average Bonchev–Trinajstić information content (AvgIpc) is 2.70. The van der Waals surface area contributed by atoms with E-state index in [0.29, 0.717) is 29.2 Å². The summed E-state index contributed by atoms with van der Waals surface area (Å²) < 4.78 is 5.08. The second kappa shape index (κ2) is 8.81. The van der Waals surface area contributed by atoms with E-state index < -0.39 is 5.97 Å². The van der Waals surface area contributed by atoms with Crippen molar-refractivity contribution in [1.29, 1.82) is 0 Å². The van der Waals surface area contributed by atoms with Crippen LogP contribution in [0.1, 0.15) is 33.2 Å². The lowest BCUT2D eigenvalue weighted by Crippen LogP contribution is -2.13. The molecule has 0 unspecified atom stereocenters. The maximum absolute atomic E-state index is 12.5. The van der Waals surface area contributed by atoms with Gasteiger partial charge in [0.1, 0.15) is 5.82 Å². The van der Waals surface area contributed by atoms with Crippen molar-refractivity contribution in [3.8, 4) is 0 Å². The third-order valence-electron chi connectivity index (χ3n) is 4.02. The minimum Gasteiger partial charge on any atom is -0.462 e. The van der Waals surface area contributed by atoms with E-state index in [1.165, 1.54) is 0 Å². The molecule has 0 aliphatic heterocycles. The average molecular weight is 375 g/mol. The molecule has 0 spiro atoms. The van der Waals surface area contributed by atoms with E-state index in [9.17, 15) is 9.59 Å². The Morgan fingerprint density at radius 1 is 1.04 bits per heavy atom. The van der Waals surface area contributed by atoms with Gasteiger partial charge in [-0.2, -0.15) is 0 Å². The highest BCUT2D eigenvalue weighted by atomic mass is 16.5. The van der Waals surface area contributed by atoms with E-state index >= 15 is 0 Å². The lowest BCUT2D eigenvalue weighted by Gasteiger charge is -2.11. The Morgan fingerprint density at radius 2 is 1.79 bits per heavy atom. The molecule has 1 amide bonds. The van der Waals surface area contributed by atoms with Gasteiger partial charge in [-0.05, 0) is 50.2 Å². The molecule has 0 saturated heterocycles. The first kappa shape index (κ1) is 19.1. The SMILES string of the molecule is CCOC(=O)c1ccccc1Nc1cc(C(=O)Nc2ccc(C)cc2)ccn1. The summed E-state index contributed by atoms with van der Waals surface area (Å²) in [4.78, 5) is 28.9. The van der Waals surface area contributed by atoms with Crippen molar-refractivity contribution in [3.05, 3.63) is 83.6 Å². The molecule has 6 nitrogen and oxygen atoms in total. The predicted octanol–water partition coefficient (Wildman–Crippen LogP) is 4.56. The molecule has 0 radical (unpaired) electrons. The summed E-state index contributed by atoms with van der Waals surface area (Å²) in [5, 5.41) is 5.94. The first-order chi connectivity index (χ1) is 13.6. The Morgan fingerprint density at radius 3 is 2.54 bits per heavy atom. The normalized spacial score (nSPS) is 10.2. The summed E-state index contributed by atoms with van der Waals surface area (Å²) in [7, 11) is 0. The molecule has 0 atom stereocenters. The van der Waals surface area contributed by atoms with Crippen LogP contribution in [0.5, 0.6) is 0 Å². The third kappa shape index (κ3) is 4.73. The topological polar surface area (TPSA) is 80.3 Å². The second-order valence-corrected chi connectivity index (χ2v) is 6.14. The number of ether oxygens (including phenoxy) is 1. The van der Waals surface area contributed by atoms with Gasteiger partial charge in [-0.3, -0.25) is 4.79 Å². The highest BCUT2D eigenvalue weighted by Crippen LogP contribution is 2.21. The van der Waals surface area contributed by atoms with Crippen LogP contribution in [0.3, 0.4) is 0 Å². The lowest BCUT2D eigenvalue weighted by atomic mass is 10.1. The molecule has 28 heavy (non-hydrogen) atoms. The number of aryl methyl sites for hydroxylation is 1. The number of carbonyl (C=O) groups excluding carboxylic acids is 2. The molecule has 3 rings (SSSR count). The Kier molecular flexibility index (Phi) is 6.01. The first-order valence-corrected chi connectivity index (χ1v) is 8.94. The molecule has 3 aromatic rings. The van der Waals surface area contributed by atoms with Crippen molar-refractivity contribution in [3.63, 3.8) is 0 Å². The predicted molar refractivity (Wildman–Crippen MR) is 109 cm³/mol. The summed E-state index contributed by atoms with van der Waals surface area (Å²) in [5.41, 5.74) is 3.25. The summed E-state index contributed by atoms with van der Waals surface area (Å²) in [6.45, 7) is 4.03. The number of anilines is 3. The molecule has 1 aromatic heterocycles. The molecule has 2 N–H and O–H groups in total. The first-order valence-electron chi connectivity index (χ1n) is 8.94. The van der Waals surface area contributed by atoms with Crippen molar-refractivity contribution in [1.82, 2.24) is 4.98 Å². The number of rotatable bonds is 6. The zero-order valence-electron chi connectivity index (χ0n) is 15.7. The van der Waals surface area contributed by atoms with Gasteiger partial charge in [0.25, 0.3) is 5.91 Å². The van der Waals surface area contributed by atoms with Crippen LogP contribution in [0.2, 0.25) is 0 Å². The molecule has 0 fully saturated rings. The van der Waals surface area contributed by atoms with Crippen LogP contribution in [-0.2, 0) is 4.74 Å². The number of nitrogens with zero attached hydrogens (tertiary/aromatic N) is 1. The van der Waals surface area contributed by atoms with Gasteiger partial charge in [0.05, 0.1) is 17.9 Å². The Hall–Kier alpha value is -3.67. The van der Waals surface area contributed by atoms with Crippen molar-refractivity contribution >= 4 is 29.1 Å². The fraction of sp³-hybridized carbons (Fsp3) is 0.136. The molecule has 0 bridgehead atoms. The van der Waals surface area contributed by atoms with E-state index in [-0.39, 0.29) is 5.91 Å². The quantitative estimate of drug-likeness (QED) is 0.617. The van der Waals surface area contributed by atoms with Crippen LogP contribution in [0.4, 0.5) is 17.2 Å². The van der Waals surface area contributed by atoms with Crippen molar-refractivity contribution in [2.45, 2.75) is 13.8 Å². The smallest absolute Gasteiger partial charge is 0.340 e. The van der Waals surface area contributed by atoms with Crippen molar-refractivity contribution in [2.75, 3.05) is 17.2 Å². The zero-order valence-corrected chi connectivity index (χ0v) is 15.7. The molecular weight excluding hydrogens is 354 g/mol. The monoisotopic (exact) mass is 375 g/mol. The van der Waals surface area contributed by atoms with Crippen LogP contribution in [0.25, 0.3) is 0 Å². The number of aromatic nitrogens is 1. The van der Waals surface area contributed by atoms with Gasteiger partial charge in [0.2, 0.25) is 0 Å². The highest BCUT2D eigenvalue weighted by molar-refractivity contribution is 6.04. The van der Waals surface area contributed by atoms with Gasteiger partial charge in [-0.15, -0.1) is 0 Å². The lowest BCUT2D eigenvalue weighted by molar-refractivity contribution is 0.0527. The number of amides is 1. The van der Waals surface area contributed by atoms with E-state index in [1.54, 1.807) is 49.5 Å². The number of esters is 1. The fourth-order valence-electron chi connectivity index (χ4n) is 2.60. The molecule has 0 aliphatic rings. The molecule has 0 saturated carbocycles. The van der Waals surface area contributed by atoms with Gasteiger partial charge in [0.15, 0.2) is 0 Å².